The second kappa shape index (κ2) is 46.6. The number of unbranched alkanes of at least 4 members (excludes halogenated alkanes) is 22. The average molecular weight is 1000 g/mol. The molecule has 71 heavy (non-hydrogen) atoms. The Balaban J connectivity index is 1.33. The first kappa shape index (κ1) is 62.6. The van der Waals surface area contributed by atoms with Gasteiger partial charge in [-0.15, -0.1) is 10.2 Å². The van der Waals surface area contributed by atoms with Crippen LogP contribution in [0, 0.1) is 0 Å². The third-order valence-electron chi connectivity index (χ3n) is 11.5. The lowest BCUT2D eigenvalue weighted by atomic mass is 10.1. The molecule has 0 radical (unpaired) electrons. The van der Waals surface area contributed by atoms with E-state index in [1.54, 1.807) is 12.4 Å². The Labute approximate surface area is 425 Å². The van der Waals surface area contributed by atoms with Crippen LogP contribution in [-0.2, 0) is 78.6 Å². The van der Waals surface area contributed by atoms with Crippen molar-refractivity contribution < 1.29 is 52.3 Å². The van der Waals surface area contributed by atoms with Gasteiger partial charge in [0.05, 0.1) is 52.0 Å². The number of ether oxygens (including phenoxy) is 7. The van der Waals surface area contributed by atoms with Crippen LogP contribution in [0.15, 0.2) is 36.7 Å². The third kappa shape index (κ3) is 39.8. The number of hydrogen-bond donors (Lipinski definition) is 0. The number of allylic oxidation sites excluding steroid dienone is 4. The van der Waals surface area contributed by atoms with Crippen molar-refractivity contribution in [2.45, 2.75) is 220 Å². The quantitative estimate of drug-likeness (QED) is 0.0263. The summed E-state index contributed by atoms with van der Waals surface area (Å²) in [4.78, 5) is 48.7. The predicted molar refractivity (Wildman–Crippen MR) is 273 cm³/mol. The summed E-state index contributed by atoms with van der Waals surface area (Å²) >= 11 is 0. The van der Waals surface area contributed by atoms with E-state index in [1.807, 2.05) is 0 Å². The van der Waals surface area contributed by atoms with E-state index >= 15 is 0 Å². The maximum absolute atomic E-state index is 12.2. The van der Waals surface area contributed by atoms with Gasteiger partial charge in [-0.1, -0.05) is 151 Å². The molecular formula is C54H92N6O11. The van der Waals surface area contributed by atoms with Crippen LogP contribution in [0.1, 0.15) is 205 Å². The van der Waals surface area contributed by atoms with Crippen molar-refractivity contribution in [2.24, 2.45) is 0 Å². The minimum absolute atomic E-state index is 0.00648. The first-order valence-corrected chi connectivity index (χ1v) is 27.3. The molecule has 0 bridgehead atoms. The Morgan fingerprint density at radius 2 is 0.704 bits per heavy atom. The number of hydrogen-bond acceptors (Lipinski definition) is 15. The first-order valence-electron chi connectivity index (χ1n) is 27.3. The molecule has 0 fully saturated rings. The van der Waals surface area contributed by atoms with Gasteiger partial charge in [0.15, 0.2) is 0 Å². The summed E-state index contributed by atoms with van der Waals surface area (Å²) in [6.07, 6.45) is 44.4. The molecule has 0 N–H and O–H groups in total. The molecule has 17 heteroatoms. The number of carbonyl (C=O) groups excluding carboxylic acids is 4. The molecule has 0 aliphatic heterocycles. The van der Waals surface area contributed by atoms with Crippen LogP contribution in [0.5, 0.6) is 0 Å². The van der Waals surface area contributed by atoms with Crippen molar-refractivity contribution in [3.8, 4) is 0 Å². The predicted octanol–water partition coefficient (Wildman–Crippen LogP) is 10.9. The lowest BCUT2D eigenvalue weighted by molar-refractivity contribution is -0.147. The monoisotopic (exact) mass is 1000 g/mol. The van der Waals surface area contributed by atoms with Crippen molar-refractivity contribution in [2.75, 3.05) is 52.9 Å². The van der Waals surface area contributed by atoms with Crippen molar-refractivity contribution in [3.05, 3.63) is 48.1 Å². The van der Waals surface area contributed by atoms with E-state index in [0.29, 0.717) is 50.7 Å². The number of esters is 4. The topological polar surface area (TPSA) is 194 Å². The summed E-state index contributed by atoms with van der Waals surface area (Å²) < 4.78 is 40.1. The standard InChI is InChI=1S/C54H92N6O11/c1-3-5-7-9-11-13-15-17-19-21-23-25-27-29-31-33-51(61)70-47-49-43-59(57-55-49)45-53(63)68-41-39-66-37-35-65-36-38-67-40-42-69-54(64)46-60-44-50(56-58-60)48-71-52(62)34-32-30-28-26-24-22-20-18-16-14-12-10-8-6-4-2/h15-18,43-44H,3-14,19-42,45-48H2,1-2H3/b17-15+,18-16+. The molecule has 2 heterocycles. The molecule has 2 rings (SSSR count). The van der Waals surface area contributed by atoms with Gasteiger partial charge in [0, 0.05) is 12.8 Å². The molecule has 17 nitrogen and oxygen atoms in total. The van der Waals surface area contributed by atoms with Crippen LogP contribution in [0.2, 0.25) is 0 Å². The minimum atomic E-state index is -0.493. The van der Waals surface area contributed by atoms with E-state index in [0.717, 1.165) is 51.4 Å². The third-order valence-corrected chi connectivity index (χ3v) is 11.5. The lowest BCUT2D eigenvalue weighted by Crippen LogP contribution is -2.18. The molecule has 2 aromatic rings. The maximum atomic E-state index is 12.2. The zero-order valence-electron chi connectivity index (χ0n) is 43.9. The fourth-order valence-electron chi connectivity index (χ4n) is 7.42. The minimum Gasteiger partial charge on any atom is -0.462 e. The Morgan fingerprint density at radius 3 is 1.06 bits per heavy atom. The van der Waals surface area contributed by atoms with E-state index in [2.05, 4.69) is 58.8 Å². The van der Waals surface area contributed by atoms with Crippen LogP contribution < -0.4 is 0 Å². The second-order valence-corrected chi connectivity index (χ2v) is 18.1. The molecule has 0 saturated heterocycles. The molecule has 0 unspecified atom stereocenters. The molecule has 0 atom stereocenters. The summed E-state index contributed by atoms with van der Waals surface area (Å²) in [6.45, 7) is 6.08. The van der Waals surface area contributed by atoms with Crippen molar-refractivity contribution in [1.29, 1.82) is 0 Å². The highest BCUT2D eigenvalue weighted by Crippen LogP contribution is 2.13. The summed E-state index contributed by atoms with van der Waals surface area (Å²) in [5, 5.41) is 15.8. The summed E-state index contributed by atoms with van der Waals surface area (Å²) in [5.41, 5.74) is 0.916. The van der Waals surface area contributed by atoms with Gasteiger partial charge in [0.1, 0.15) is 50.9 Å². The normalized spacial score (nSPS) is 11.5. The van der Waals surface area contributed by atoms with Gasteiger partial charge in [-0.05, 0) is 64.2 Å². The fourth-order valence-corrected chi connectivity index (χ4v) is 7.42. The number of aromatic nitrogens is 6. The van der Waals surface area contributed by atoms with Gasteiger partial charge >= 0.3 is 23.9 Å². The van der Waals surface area contributed by atoms with Gasteiger partial charge in [-0.25, -0.2) is 9.36 Å². The number of carbonyl (C=O) groups is 4. The van der Waals surface area contributed by atoms with E-state index in [-0.39, 0.29) is 64.7 Å². The molecule has 2 aromatic heterocycles. The largest absolute Gasteiger partial charge is 0.462 e. The zero-order valence-corrected chi connectivity index (χ0v) is 43.9. The van der Waals surface area contributed by atoms with E-state index in [1.165, 1.54) is 125 Å². The molecule has 0 spiro atoms. The van der Waals surface area contributed by atoms with Crippen LogP contribution in [0.4, 0.5) is 0 Å². The highest BCUT2D eigenvalue weighted by Gasteiger charge is 2.12. The lowest BCUT2D eigenvalue weighted by Gasteiger charge is -2.08. The average Bonchev–Trinajstić information content (AvgIpc) is 4.02. The maximum Gasteiger partial charge on any atom is 0.327 e. The van der Waals surface area contributed by atoms with Crippen LogP contribution in [-0.4, -0.2) is 107 Å². The van der Waals surface area contributed by atoms with Gasteiger partial charge in [-0.3, -0.25) is 19.2 Å². The Hall–Kier alpha value is -4.48. The molecule has 404 valence electrons. The summed E-state index contributed by atoms with van der Waals surface area (Å²) in [7, 11) is 0. The SMILES string of the molecule is CCCCCCC/C=C/CCCCCCCCC(=O)OCc1cn(CC(=O)OCCOCCOCCOCCOC(=O)Cn2cc(COC(=O)CCCCCCCC/C=C/CCCCCCC)nn2)nn1. The molecular weight excluding hydrogens is 909 g/mol. The van der Waals surface area contributed by atoms with Gasteiger partial charge in [-0.2, -0.15) is 0 Å². The Morgan fingerprint density at radius 1 is 0.394 bits per heavy atom. The van der Waals surface area contributed by atoms with Gasteiger partial charge in [0.2, 0.25) is 0 Å². The van der Waals surface area contributed by atoms with E-state index in [4.69, 9.17) is 33.2 Å². The van der Waals surface area contributed by atoms with Gasteiger partial charge < -0.3 is 33.2 Å². The van der Waals surface area contributed by atoms with Crippen molar-refractivity contribution in [3.63, 3.8) is 0 Å². The first-order chi connectivity index (χ1) is 34.9. The number of nitrogens with zero attached hydrogens (tertiary/aromatic N) is 6. The molecule has 0 aliphatic carbocycles. The second-order valence-electron chi connectivity index (χ2n) is 18.1. The zero-order chi connectivity index (χ0) is 50.9. The van der Waals surface area contributed by atoms with Crippen molar-refractivity contribution in [1.82, 2.24) is 30.0 Å². The van der Waals surface area contributed by atoms with Crippen LogP contribution >= 0.6 is 0 Å². The molecule has 0 saturated carbocycles. The van der Waals surface area contributed by atoms with E-state index < -0.39 is 11.9 Å². The van der Waals surface area contributed by atoms with Gasteiger partial charge in [0.25, 0.3) is 0 Å². The van der Waals surface area contributed by atoms with Crippen molar-refractivity contribution >= 4 is 23.9 Å². The highest BCUT2D eigenvalue weighted by atomic mass is 16.6. The molecule has 0 aromatic carbocycles. The highest BCUT2D eigenvalue weighted by molar-refractivity contribution is 5.70. The fraction of sp³-hybridized carbons (Fsp3) is 0.778. The van der Waals surface area contributed by atoms with Crippen LogP contribution in [0.25, 0.3) is 0 Å². The van der Waals surface area contributed by atoms with Crippen LogP contribution in [0.3, 0.4) is 0 Å². The number of rotatable bonds is 50. The molecule has 0 amide bonds. The smallest absolute Gasteiger partial charge is 0.327 e. The van der Waals surface area contributed by atoms with E-state index in [9.17, 15) is 19.2 Å². The Kier molecular flexibility index (Phi) is 41.1. The molecule has 0 aliphatic rings. The Bertz CT molecular complexity index is 1550. The summed E-state index contributed by atoms with van der Waals surface area (Å²) in [6, 6.07) is 0. The summed E-state index contributed by atoms with van der Waals surface area (Å²) in [5.74, 6) is -1.51.